The molecule has 2 aromatic heterocycles. The molecule has 1 fully saturated rings. The fourth-order valence-electron chi connectivity index (χ4n) is 3.81. The van der Waals surface area contributed by atoms with Crippen molar-refractivity contribution >= 4 is 38.6 Å². The summed E-state index contributed by atoms with van der Waals surface area (Å²) < 4.78 is 36.3. The zero-order chi connectivity index (χ0) is 21.4. The van der Waals surface area contributed by atoms with Gasteiger partial charge in [-0.25, -0.2) is 18.4 Å². The molecular weight excluding hydrogens is 432 g/mol. The summed E-state index contributed by atoms with van der Waals surface area (Å²) in [6.07, 6.45) is 1.57. The van der Waals surface area contributed by atoms with E-state index in [0.717, 1.165) is 34.4 Å². The fraction of sp³-hybridized carbons (Fsp3) is 0.238. The van der Waals surface area contributed by atoms with Gasteiger partial charge < -0.3 is 4.90 Å². The second-order valence-corrected chi connectivity index (χ2v) is 9.79. The highest BCUT2D eigenvalue weighted by molar-refractivity contribution is 7.89. The molecule has 0 spiro atoms. The number of sulfonamides is 1. The molecule has 0 radical (unpaired) electrons. The van der Waals surface area contributed by atoms with Crippen LogP contribution in [0.25, 0.3) is 22.3 Å². The lowest BCUT2D eigenvalue weighted by Crippen LogP contribution is -2.49. The van der Waals surface area contributed by atoms with Gasteiger partial charge in [0.1, 0.15) is 28.1 Å². The summed E-state index contributed by atoms with van der Waals surface area (Å²) in [7, 11) is -3.64. The molecule has 2 aromatic carbocycles. The van der Waals surface area contributed by atoms with E-state index in [4.69, 9.17) is 0 Å². The van der Waals surface area contributed by atoms with Crippen LogP contribution in [-0.2, 0) is 10.0 Å². The summed E-state index contributed by atoms with van der Waals surface area (Å²) >= 11 is 1.02. The minimum atomic E-state index is -3.64. The van der Waals surface area contributed by atoms with Gasteiger partial charge in [0.2, 0.25) is 10.0 Å². The van der Waals surface area contributed by atoms with Crippen molar-refractivity contribution in [3.63, 3.8) is 0 Å². The molecule has 0 aliphatic carbocycles. The van der Waals surface area contributed by atoms with Crippen molar-refractivity contribution in [3.8, 4) is 11.3 Å². The monoisotopic (exact) mass is 452 g/mol. The van der Waals surface area contributed by atoms with Gasteiger partial charge in [-0.1, -0.05) is 30.3 Å². The Labute approximate surface area is 184 Å². The Balaban J connectivity index is 1.36. The number of benzene rings is 2. The average molecular weight is 453 g/mol. The van der Waals surface area contributed by atoms with E-state index in [1.807, 2.05) is 24.3 Å². The first-order chi connectivity index (χ1) is 15.0. The highest BCUT2D eigenvalue weighted by atomic mass is 32.2. The van der Waals surface area contributed by atoms with Crippen LogP contribution in [0, 0.1) is 6.92 Å². The van der Waals surface area contributed by atoms with Crippen molar-refractivity contribution in [1.82, 2.24) is 23.0 Å². The summed E-state index contributed by atoms with van der Waals surface area (Å²) in [6.45, 7) is 3.91. The molecule has 158 valence electrons. The summed E-state index contributed by atoms with van der Waals surface area (Å²) in [5.41, 5.74) is 4.12. The molecule has 8 nitrogen and oxygen atoms in total. The molecule has 1 saturated heterocycles. The van der Waals surface area contributed by atoms with Crippen molar-refractivity contribution in [2.24, 2.45) is 0 Å². The number of hydrogen-bond acceptors (Lipinski definition) is 8. The van der Waals surface area contributed by atoms with E-state index in [-0.39, 0.29) is 4.90 Å². The minimum Gasteiger partial charge on any atom is -0.354 e. The van der Waals surface area contributed by atoms with Gasteiger partial charge in [-0.15, -0.1) is 0 Å². The van der Waals surface area contributed by atoms with E-state index in [2.05, 4.69) is 36.6 Å². The van der Waals surface area contributed by atoms with Crippen LogP contribution >= 0.6 is 11.7 Å². The second-order valence-electron chi connectivity index (χ2n) is 7.36. The average Bonchev–Trinajstić information content (AvgIpc) is 3.28. The standard InChI is InChI=1S/C21H20N6O2S2/c1-15-5-2-3-6-16(15)18-13-20(23-14-22-18)26-9-11-27(12-10-26)31(28,29)19-8-4-7-17-21(19)25-30-24-17/h2-8,13-14H,9-12H2,1H3. The Hall–Kier alpha value is -2.95. The molecule has 10 heteroatoms. The van der Waals surface area contributed by atoms with Crippen molar-refractivity contribution < 1.29 is 8.42 Å². The third kappa shape index (κ3) is 3.67. The first-order valence-corrected chi connectivity index (χ1v) is 12.1. The first-order valence-electron chi connectivity index (χ1n) is 9.88. The molecule has 5 rings (SSSR count). The third-order valence-electron chi connectivity index (χ3n) is 5.50. The number of rotatable bonds is 4. The molecule has 0 atom stereocenters. The predicted molar refractivity (Wildman–Crippen MR) is 121 cm³/mol. The number of aryl methyl sites for hydroxylation is 1. The number of piperazine rings is 1. The molecule has 1 aliphatic heterocycles. The van der Waals surface area contributed by atoms with Crippen LogP contribution < -0.4 is 4.90 Å². The smallest absolute Gasteiger partial charge is 0.245 e. The van der Waals surface area contributed by atoms with E-state index < -0.39 is 10.0 Å². The maximum atomic E-state index is 13.2. The van der Waals surface area contributed by atoms with Crippen molar-refractivity contribution in [1.29, 1.82) is 0 Å². The van der Waals surface area contributed by atoms with Crippen LogP contribution in [0.1, 0.15) is 5.56 Å². The van der Waals surface area contributed by atoms with Gasteiger partial charge in [0.05, 0.1) is 17.4 Å². The lowest BCUT2D eigenvalue weighted by atomic mass is 10.1. The Bertz CT molecular complexity index is 1350. The van der Waals surface area contributed by atoms with E-state index in [9.17, 15) is 8.42 Å². The van der Waals surface area contributed by atoms with Crippen molar-refractivity contribution in [2.45, 2.75) is 11.8 Å². The van der Waals surface area contributed by atoms with Crippen LogP contribution in [0.2, 0.25) is 0 Å². The van der Waals surface area contributed by atoms with Gasteiger partial charge in [-0.3, -0.25) is 0 Å². The van der Waals surface area contributed by atoms with Crippen molar-refractivity contribution in [2.75, 3.05) is 31.1 Å². The van der Waals surface area contributed by atoms with Crippen LogP contribution in [0.3, 0.4) is 0 Å². The molecule has 0 saturated carbocycles. The van der Waals surface area contributed by atoms with E-state index >= 15 is 0 Å². The predicted octanol–water partition coefficient (Wildman–Crippen LogP) is 2.97. The fourth-order valence-corrected chi connectivity index (χ4v) is 5.99. The molecule has 4 aromatic rings. The lowest BCUT2D eigenvalue weighted by molar-refractivity contribution is 0.384. The van der Waals surface area contributed by atoms with Gasteiger partial charge >= 0.3 is 0 Å². The molecule has 0 N–H and O–H groups in total. The van der Waals surface area contributed by atoms with E-state index in [1.165, 1.54) is 4.31 Å². The molecule has 1 aliphatic rings. The summed E-state index contributed by atoms with van der Waals surface area (Å²) in [4.78, 5) is 11.2. The normalized spacial score (nSPS) is 15.5. The van der Waals surface area contributed by atoms with Crippen LogP contribution in [0.15, 0.2) is 59.8 Å². The minimum absolute atomic E-state index is 0.219. The Morgan fingerprint density at radius 3 is 2.55 bits per heavy atom. The highest BCUT2D eigenvalue weighted by Crippen LogP contribution is 2.27. The molecule has 0 unspecified atom stereocenters. The van der Waals surface area contributed by atoms with E-state index in [0.29, 0.717) is 37.2 Å². The number of anilines is 1. The van der Waals surface area contributed by atoms with Gasteiger partial charge in [0, 0.05) is 37.8 Å². The number of nitrogens with zero attached hydrogens (tertiary/aromatic N) is 6. The third-order valence-corrected chi connectivity index (χ3v) is 7.98. The SMILES string of the molecule is Cc1ccccc1-c1cc(N2CCN(S(=O)(=O)c3cccc4nsnc34)CC2)ncn1. The maximum Gasteiger partial charge on any atom is 0.245 e. The number of hydrogen-bond donors (Lipinski definition) is 0. The molecule has 0 bridgehead atoms. The molecular formula is C21H20N6O2S2. The molecule has 31 heavy (non-hydrogen) atoms. The zero-order valence-electron chi connectivity index (χ0n) is 16.8. The van der Waals surface area contributed by atoms with Crippen molar-refractivity contribution in [3.05, 3.63) is 60.4 Å². The van der Waals surface area contributed by atoms with Gasteiger partial charge in [0.25, 0.3) is 0 Å². The topological polar surface area (TPSA) is 92.2 Å². The summed E-state index contributed by atoms with van der Waals surface area (Å²) in [5.74, 6) is 0.802. The van der Waals surface area contributed by atoms with Gasteiger partial charge in [-0.05, 0) is 24.6 Å². The second kappa shape index (κ2) is 7.95. The van der Waals surface area contributed by atoms with Crippen LogP contribution in [-0.4, -0.2) is 57.6 Å². The quantitative estimate of drug-likeness (QED) is 0.470. The Kier molecular flexibility index (Phi) is 5.12. The summed E-state index contributed by atoms with van der Waals surface area (Å²) in [6, 6.07) is 15.1. The molecule has 3 heterocycles. The lowest BCUT2D eigenvalue weighted by Gasteiger charge is -2.34. The summed E-state index contributed by atoms with van der Waals surface area (Å²) in [5, 5.41) is 0. The Morgan fingerprint density at radius 1 is 0.935 bits per heavy atom. The maximum absolute atomic E-state index is 13.2. The Morgan fingerprint density at radius 2 is 1.74 bits per heavy atom. The van der Waals surface area contributed by atoms with Crippen LogP contribution in [0.4, 0.5) is 5.82 Å². The van der Waals surface area contributed by atoms with Gasteiger partial charge in [0.15, 0.2) is 0 Å². The van der Waals surface area contributed by atoms with Crippen LogP contribution in [0.5, 0.6) is 0 Å². The first kappa shape index (κ1) is 20.0. The number of fused-ring (bicyclic) bond motifs is 1. The highest BCUT2D eigenvalue weighted by Gasteiger charge is 2.31. The number of aromatic nitrogens is 4. The largest absolute Gasteiger partial charge is 0.354 e. The zero-order valence-corrected chi connectivity index (χ0v) is 18.5. The van der Waals surface area contributed by atoms with Gasteiger partial charge in [-0.2, -0.15) is 13.1 Å². The van der Waals surface area contributed by atoms with E-state index in [1.54, 1.807) is 24.5 Å². The molecule has 0 amide bonds.